The molecule has 1 heterocycles. The number of nitrogens with two attached hydrogens (primary N) is 1. The van der Waals surface area contributed by atoms with Crippen LogP contribution in [0.4, 0.5) is 0 Å². The predicted molar refractivity (Wildman–Crippen MR) is 67.1 cm³/mol. The van der Waals surface area contributed by atoms with Gasteiger partial charge >= 0.3 is 0 Å². The van der Waals surface area contributed by atoms with Crippen molar-refractivity contribution in [3.05, 3.63) is 23.8 Å². The normalized spacial score (nSPS) is 14.9. The molecule has 17 heavy (non-hydrogen) atoms. The molecule has 0 aromatic heterocycles. The summed E-state index contributed by atoms with van der Waals surface area (Å²) < 4.78 is 10.6. The van der Waals surface area contributed by atoms with Crippen LogP contribution in [-0.4, -0.2) is 19.9 Å². The first-order valence-corrected chi connectivity index (χ1v) is 6.12. The second kappa shape index (κ2) is 5.89. The summed E-state index contributed by atoms with van der Waals surface area (Å²) in [5.74, 6) is 2.24. The molecule has 1 aromatic rings. The highest BCUT2D eigenvalue weighted by Gasteiger charge is 2.13. The molecule has 0 saturated heterocycles. The van der Waals surface area contributed by atoms with Crippen LogP contribution < -0.4 is 20.5 Å². The maximum atomic E-state index is 5.66. The van der Waals surface area contributed by atoms with E-state index in [9.17, 15) is 0 Å². The van der Waals surface area contributed by atoms with Gasteiger partial charge in [-0.1, -0.05) is 19.4 Å². The molecule has 1 aliphatic heterocycles. The molecule has 0 spiro atoms. The van der Waals surface area contributed by atoms with E-state index in [0.717, 1.165) is 37.6 Å². The second-order valence-corrected chi connectivity index (χ2v) is 4.33. The molecule has 94 valence electrons. The lowest BCUT2D eigenvalue weighted by molar-refractivity contribution is 0.174. The summed E-state index contributed by atoms with van der Waals surface area (Å²) in [6, 6.07) is 6.04. The number of benzene rings is 1. The average Bonchev–Trinajstić information content (AvgIpc) is 2.82. The van der Waals surface area contributed by atoms with Crippen molar-refractivity contribution in [1.29, 1.82) is 0 Å². The second-order valence-electron chi connectivity index (χ2n) is 4.33. The van der Waals surface area contributed by atoms with E-state index >= 15 is 0 Å². The van der Waals surface area contributed by atoms with Crippen molar-refractivity contribution in [2.75, 3.05) is 19.9 Å². The molecule has 4 nitrogen and oxygen atoms in total. The molecule has 0 fully saturated rings. The Hall–Kier alpha value is -1.26. The number of fused-ring (bicyclic) bond motifs is 1. The van der Waals surface area contributed by atoms with Crippen LogP contribution in [0.25, 0.3) is 0 Å². The third-order valence-corrected chi connectivity index (χ3v) is 3.11. The van der Waals surface area contributed by atoms with Gasteiger partial charge in [0.2, 0.25) is 6.79 Å². The molecule has 1 aliphatic rings. The maximum Gasteiger partial charge on any atom is 0.231 e. The predicted octanol–water partition coefficient (Wildman–Crippen LogP) is 1.49. The van der Waals surface area contributed by atoms with Gasteiger partial charge in [0.05, 0.1) is 0 Å². The van der Waals surface area contributed by atoms with Crippen LogP contribution in [0, 0.1) is 5.92 Å². The smallest absolute Gasteiger partial charge is 0.231 e. The summed E-state index contributed by atoms with van der Waals surface area (Å²) in [6.07, 6.45) is 1.12. The standard InChI is InChI=1S/C13H20N2O2/c1-2-10(6-14)7-15-8-11-3-4-12-13(5-11)17-9-16-12/h3-5,10,15H,2,6-9,14H2,1H3. The lowest BCUT2D eigenvalue weighted by atomic mass is 10.1. The highest BCUT2D eigenvalue weighted by molar-refractivity contribution is 5.44. The Morgan fingerprint density at radius 3 is 2.94 bits per heavy atom. The van der Waals surface area contributed by atoms with E-state index in [1.807, 2.05) is 12.1 Å². The fourth-order valence-electron chi connectivity index (χ4n) is 1.87. The van der Waals surface area contributed by atoms with Gasteiger partial charge in [-0.15, -0.1) is 0 Å². The third-order valence-electron chi connectivity index (χ3n) is 3.11. The summed E-state index contributed by atoms with van der Waals surface area (Å²) in [7, 11) is 0. The number of nitrogens with one attached hydrogen (secondary N) is 1. The van der Waals surface area contributed by atoms with Gasteiger partial charge in [-0.2, -0.15) is 0 Å². The molecule has 0 radical (unpaired) electrons. The van der Waals surface area contributed by atoms with E-state index in [0.29, 0.717) is 12.7 Å². The number of hydrogen-bond donors (Lipinski definition) is 2. The van der Waals surface area contributed by atoms with Crippen LogP contribution in [0.3, 0.4) is 0 Å². The Balaban J connectivity index is 1.83. The molecule has 1 atom stereocenters. The first-order valence-electron chi connectivity index (χ1n) is 6.12. The molecule has 3 N–H and O–H groups in total. The van der Waals surface area contributed by atoms with Crippen LogP contribution >= 0.6 is 0 Å². The van der Waals surface area contributed by atoms with E-state index in [1.54, 1.807) is 0 Å². The van der Waals surface area contributed by atoms with Crippen LogP contribution in [0.1, 0.15) is 18.9 Å². The van der Waals surface area contributed by atoms with Gasteiger partial charge in [-0.25, -0.2) is 0 Å². The average molecular weight is 236 g/mol. The van der Waals surface area contributed by atoms with Gasteiger partial charge in [-0.05, 0) is 36.7 Å². The van der Waals surface area contributed by atoms with Crippen molar-refractivity contribution < 1.29 is 9.47 Å². The molecule has 4 heteroatoms. The van der Waals surface area contributed by atoms with Gasteiger partial charge < -0.3 is 20.5 Å². The lowest BCUT2D eigenvalue weighted by Gasteiger charge is -2.13. The van der Waals surface area contributed by atoms with Gasteiger partial charge in [0.15, 0.2) is 11.5 Å². The Bertz CT molecular complexity index is 364. The highest BCUT2D eigenvalue weighted by Crippen LogP contribution is 2.32. The van der Waals surface area contributed by atoms with Gasteiger partial charge in [0, 0.05) is 6.54 Å². The molecule has 1 unspecified atom stereocenters. The molecular formula is C13H20N2O2. The summed E-state index contributed by atoms with van der Waals surface area (Å²) >= 11 is 0. The first kappa shape index (κ1) is 12.2. The van der Waals surface area contributed by atoms with Gasteiger partial charge in [0.25, 0.3) is 0 Å². The van der Waals surface area contributed by atoms with Crippen molar-refractivity contribution in [2.45, 2.75) is 19.9 Å². The Labute approximate surface area is 102 Å². The SMILES string of the molecule is CCC(CN)CNCc1ccc2c(c1)OCO2. The molecule has 0 amide bonds. The number of ether oxygens (including phenoxy) is 2. The van der Waals surface area contributed by atoms with Crippen LogP contribution in [0.5, 0.6) is 11.5 Å². The zero-order valence-electron chi connectivity index (χ0n) is 10.2. The van der Waals surface area contributed by atoms with E-state index in [2.05, 4.69) is 18.3 Å². The highest BCUT2D eigenvalue weighted by atomic mass is 16.7. The molecule has 0 bridgehead atoms. The van der Waals surface area contributed by atoms with E-state index in [4.69, 9.17) is 15.2 Å². The van der Waals surface area contributed by atoms with E-state index in [-0.39, 0.29) is 0 Å². The van der Waals surface area contributed by atoms with Crippen LogP contribution in [-0.2, 0) is 6.54 Å². The van der Waals surface area contributed by atoms with Crippen molar-refractivity contribution in [2.24, 2.45) is 11.7 Å². The minimum absolute atomic E-state index is 0.331. The zero-order chi connectivity index (χ0) is 12.1. The topological polar surface area (TPSA) is 56.5 Å². The fraction of sp³-hybridized carbons (Fsp3) is 0.538. The minimum Gasteiger partial charge on any atom is -0.454 e. The summed E-state index contributed by atoms with van der Waals surface area (Å²) in [6.45, 7) is 5.04. The number of rotatable bonds is 6. The minimum atomic E-state index is 0.331. The summed E-state index contributed by atoms with van der Waals surface area (Å²) in [4.78, 5) is 0. The van der Waals surface area contributed by atoms with Crippen molar-refractivity contribution >= 4 is 0 Å². The lowest BCUT2D eigenvalue weighted by Crippen LogP contribution is -2.27. The van der Waals surface area contributed by atoms with Crippen molar-refractivity contribution in [3.63, 3.8) is 0 Å². The largest absolute Gasteiger partial charge is 0.454 e. The van der Waals surface area contributed by atoms with Crippen molar-refractivity contribution in [1.82, 2.24) is 5.32 Å². The molecule has 1 aromatic carbocycles. The quantitative estimate of drug-likeness (QED) is 0.785. The van der Waals surface area contributed by atoms with Gasteiger partial charge in [-0.3, -0.25) is 0 Å². The summed E-state index contributed by atoms with van der Waals surface area (Å²) in [5, 5.41) is 3.42. The van der Waals surface area contributed by atoms with Gasteiger partial charge in [0.1, 0.15) is 0 Å². The molecule has 2 rings (SSSR count). The molecule has 0 aliphatic carbocycles. The fourth-order valence-corrected chi connectivity index (χ4v) is 1.87. The summed E-state index contributed by atoms with van der Waals surface area (Å²) in [5.41, 5.74) is 6.87. The zero-order valence-corrected chi connectivity index (χ0v) is 10.2. The third kappa shape index (κ3) is 3.11. The van der Waals surface area contributed by atoms with E-state index in [1.165, 1.54) is 5.56 Å². The molecule has 0 saturated carbocycles. The number of hydrogen-bond acceptors (Lipinski definition) is 4. The Kier molecular flexibility index (Phi) is 4.23. The maximum absolute atomic E-state index is 5.66. The van der Waals surface area contributed by atoms with Crippen LogP contribution in [0.2, 0.25) is 0 Å². The molecular weight excluding hydrogens is 216 g/mol. The van der Waals surface area contributed by atoms with Crippen molar-refractivity contribution in [3.8, 4) is 11.5 Å². The Morgan fingerprint density at radius 2 is 2.18 bits per heavy atom. The first-order chi connectivity index (χ1) is 8.33. The van der Waals surface area contributed by atoms with E-state index < -0.39 is 0 Å². The van der Waals surface area contributed by atoms with Crippen LogP contribution in [0.15, 0.2) is 18.2 Å². The Morgan fingerprint density at radius 1 is 1.35 bits per heavy atom. The monoisotopic (exact) mass is 236 g/mol.